The van der Waals surface area contributed by atoms with E-state index in [1.165, 1.54) is 16.7 Å². The van der Waals surface area contributed by atoms with Gasteiger partial charge in [-0.05, 0) is 29.5 Å². The minimum absolute atomic E-state index is 0.801. The molecule has 30 heavy (non-hydrogen) atoms. The van der Waals surface area contributed by atoms with E-state index in [9.17, 15) is 0 Å². The van der Waals surface area contributed by atoms with Gasteiger partial charge in [-0.3, -0.25) is 4.68 Å². The Morgan fingerprint density at radius 2 is 1.77 bits per heavy atom. The van der Waals surface area contributed by atoms with Crippen LogP contribution in [0.4, 0.5) is 0 Å². The fourth-order valence-electron chi connectivity index (χ4n) is 3.95. The molecular formula is C25H22N4S. The van der Waals surface area contributed by atoms with Gasteiger partial charge in [0.05, 0.1) is 17.1 Å². The van der Waals surface area contributed by atoms with Gasteiger partial charge >= 0.3 is 0 Å². The van der Waals surface area contributed by atoms with Gasteiger partial charge < -0.3 is 0 Å². The second-order valence-corrected chi connectivity index (χ2v) is 8.39. The van der Waals surface area contributed by atoms with E-state index in [-0.39, 0.29) is 0 Å². The van der Waals surface area contributed by atoms with Crippen LogP contribution in [0.1, 0.15) is 27.9 Å². The Morgan fingerprint density at radius 1 is 1.03 bits per heavy atom. The molecule has 148 valence electrons. The van der Waals surface area contributed by atoms with E-state index >= 15 is 0 Å². The molecule has 0 aliphatic heterocycles. The summed E-state index contributed by atoms with van der Waals surface area (Å²) in [6.07, 6.45) is 3.83. The molecule has 0 atom stereocenters. The molecule has 2 aromatic carbocycles. The molecule has 0 amide bonds. The molecule has 0 bridgehead atoms. The molecule has 2 heterocycles. The molecule has 0 spiro atoms. The number of thioether (sulfide) groups is 1. The lowest BCUT2D eigenvalue weighted by Gasteiger charge is -2.17. The summed E-state index contributed by atoms with van der Waals surface area (Å²) in [6.45, 7) is 4.34. The van der Waals surface area contributed by atoms with Gasteiger partial charge in [-0.25, -0.2) is 9.97 Å². The lowest BCUT2D eigenvalue weighted by molar-refractivity contribution is 0.758. The molecule has 4 aromatic rings. The molecule has 0 radical (unpaired) electrons. The van der Waals surface area contributed by atoms with Gasteiger partial charge in [0, 0.05) is 30.1 Å². The maximum atomic E-state index is 4.94. The average molecular weight is 411 g/mol. The van der Waals surface area contributed by atoms with Crippen molar-refractivity contribution in [1.29, 1.82) is 0 Å². The van der Waals surface area contributed by atoms with E-state index in [0.29, 0.717) is 0 Å². The molecule has 2 aromatic heterocycles. The van der Waals surface area contributed by atoms with E-state index in [2.05, 4.69) is 48.0 Å². The van der Waals surface area contributed by atoms with Crippen LogP contribution in [0.25, 0.3) is 17.0 Å². The largest absolute Gasteiger partial charge is 0.265 e. The predicted molar refractivity (Wildman–Crippen MR) is 122 cm³/mol. The molecule has 0 fully saturated rings. The summed E-state index contributed by atoms with van der Waals surface area (Å²) in [5.74, 6) is 0.855. The summed E-state index contributed by atoms with van der Waals surface area (Å²) >= 11 is 1.67. The van der Waals surface area contributed by atoms with Crippen LogP contribution in [0, 0.1) is 0 Å². The van der Waals surface area contributed by atoms with Crippen molar-refractivity contribution in [2.75, 3.05) is 0 Å². The van der Waals surface area contributed by atoms with Gasteiger partial charge in [-0.2, -0.15) is 5.10 Å². The molecule has 4 nitrogen and oxygen atoms in total. The smallest absolute Gasteiger partial charge is 0.188 e. The number of fused-ring (bicyclic) bond motifs is 3. The molecule has 5 rings (SSSR count). The van der Waals surface area contributed by atoms with E-state index in [1.54, 1.807) is 11.8 Å². The maximum Gasteiger partial charge on any atom is 0.188 e. The molecule has 1 aliphatic rings. The Bertz CT molecular complexity index is 1210. The molecule has 0 N–H and O–H groups in total. The predicted octanol–water partition coefficient (Wildman–Crippen LogP) is 5.33. The molecule has 0 unspecified atom stereocenters. The Hall–Kier alpha value is -3.18. The van der Waals surface area contributed by atoms with Gasteiger partial charge in [0.2, 0.25) is 0 Å². The first-order valence-electron chi connectivity index (χ1n) is 10.0. The Morgan fingerprint density at radius 3 is 2.53 bits per heavy atom. The van der Waals surface area contributed by atoms with Crippen LogP contribution in [0.2, 0.25) is 0 Å². The highest BCUT2D eigenvalue weighted by atomic mass is 32.2. The Kier molecular flexibility index (Phi) is 4.97. The monoisotopic (exact) mass is 410 g/mol. The third-order valence-corrected chi connectivity index (χ3v) is 6.41. The highest BCUT2D eigenvalue weighted by Gasteiger charge is 2.27. The van der Waals surface area contributed by atoms with Gasteiger partial charge in [-0.1, -0.05) is 79.0 Å². The third kappa shape index (κ3) is 3.46. The third-order valence-electron chi connectivity index (χ3n) is 5.48. The zero-order valence-electron chi connectivity index (χ0n) is 16.9. The van der Waals surface area contributed by atoms with Crippen LogP contribution in [-0.2, 0) is 25.6 Å². The average Bonchev–Trinajstić information content (AvgIpc) is 3.15. The standard InChI is InChI=1S/C25H22N4S/c1-17(19-11-7-4-8-12-19)22-21-14-13-20-15-26-25(27-23(20)24(21)29(2)28-22)30-16-18-9-5-3-6-10-18/h3-12,15H,1,13-14,16H2,2H3. The fourth-order valence-corrected chi connectivity index (χ4v) is 4.72. The fraction of sp³-hybridized carbons (Fsp3) is 0.160. The van der Waals surface area contributed by atoms with Crippen LogP contribution >= 0.6 is 11.8 Å². The second kappa shape index (κ2) is 7.92. The van der Waals surface area contributed by atoms with E-state index in [1.807, 2.05) is 42.2 Å². The van der Waals surface area contributed by atoms with Crippen LogP contribution < -0.4 is 0 Å². The number of aryl methyl sites for hydroxylation is 2. The van der Waals surface area contributed by atoms with E-state index in [4.69, 9.17) is 10.1 Å². The number of aromatic nitrogens is 4. The van der Waals surface area contributed by atoms with Crippen molar-refractivity contribution in [2.45, 2.75) is 23.8 Å². The number of rotatable bonds is 5. The quantitative estimate of drug-likeness (QED) is 0.329. The minimum atomic E-state index is 0.801. The summed E-state index contributed by atoms with van der Waals surface area (Å²) in [5.41, 5.74) is 8.82. The van der Waals surface area contributed by atoms with Crippen molar-refractivity contribution in [3.63, 3.8) is 0 Å². The van der Waals surface area contributed by atoms with Gasteiger partial charge in [-0.15, -0.1) is 0 Å². The topological polar surface area (TPSA) is 43.6 Å². The van der Waals surface area contributed by atoms with Crippen molar-refractivity contribution < 1.29 is 0 Å². The van der Waals surface area contributed by atoms with Crippen molar-refractivity contribution in [2.24, 2.45) is 7.05 Å². The lowest BCUT2D eigenvalue weighted by atomic mass is 9.90. The van der Waals surface area contributed by atoms with E-state index < -0.39 is 0 Å². The summed E-state index contributed by atoms with van der Waals surface area (Å²) in [5, 5.41) is 5.64. The molecule has 0 saturated heterocycles. The van der Waals surface area contributed by atoms with Crippen LogP contribution in [0.5, 0.6) is 0 Å². The van der Waals surface area contributed by atoms with Crippen molar-refractivity contribution in [3.05, 3.63) is 101 Å². The van der Waals surface area contributed by atoms with Crippen molar-refractivity contribution in [1.82, 2.24) is 19.7 Å². The second-order valence-electron chi connectivity index (χ2n) is 7.44. The van der Waals surface area contributed by atoms with Gasteiger partial charge in [0.15, 0.2) is 5.16 Å². The first kappa shape index (κ1) is 18.8. The van der Waals surface area contributed by atoms with Crippen LogP contribution in [0.3, 0.4) is 0 Å². The van der Waals surface area contributed by atoms with Crippen LogP contribution in [0.15, 0.2) is 78.6 Å². The van der Waals surface area contributed by atoms with Gasteiger partial charge in [0.25, 0.3) is 0 Å². The summed E-state index contributed by atoms with van der Waals surface area (Å²) in [7, 11) is 1.99. The van der Waals surface area contributed by atoms with E-state index in [0.717, 1.165) is 52.0 Å². The molecule has 5 heteroatoms. The molecule has 1 aliphatic carbocycles. The molecular weight excluding hydrogens is 388 g/mol. The van der Waals surface area contributed by atoms with Crippen molar-refractivity contribution >= 4 is 17.3 Å². The number of hydrogen-bond donors (Lipinski definition) is 0. The zero-order chi connectivity index (χ0) is 20.5. The van der Waals surface area contributed by atoms with Crippen molar-refractivity contribution in [3.8, 4) is 11.4 Å². The summed E-state index contributed by atoms with van der Waals surface area (Å²) < 4.78 is 1.95. The Balaban J connectivity index is 1.49. The number of hydrogen-bond acceptors (Lipinski definition) is 4. The Labute approximate surface area is 180 Å². The normalized spacial score (nSPS) is 12.3. The maximum absolute atomic E-state index is 4.94. The number of nitrogens with zero attached hydrogens (tertiary/aromatic N) is 4. The summed E-state index contributed by atoms with van der Waals surface area (Å²) in [4.78, 5) is 9.54. The lowest BCUT2D eigenvalue weighted by Crippen LogP contribution is -2.09. The first-order valence-corrected chi connectivity index (χ1v) is 11.0. The number of benzene rings is 2. The highest BCUT2D eigenvalue weighted by molar-refractivity contribution is 7.98. The van der Waals surface area contributed by atoms with Gasteiger partial charge in [0.1, 0.15) is 0 Å². The zero-order valence-corrected chi connectivity index (χ0v) is 17.7. The summed E-state index contributed by atoms with van der Waals surface area (Å²) in [6, 6.07) is 20.7. The SMILES string of the molecule is C=C(c1ccccc1)c1nn(C)c2c1CCc1cnc(SCc3ccccc3)nc1-2. The molecule has 0 saturated carbocycles. The highest BCUT2D eigenvalue weighted by Crippen LogP contribution is 2.37. The van der Waals surface area contributed by atoms with Crippen LogP contribution in [-0.4, -0.2) is 19.7 Å². The minimum Gasteiger partial charge on any atom is -0.265 e. The first-order chi connectivity index (χ1) is 14.7.